The molecule has 12 rings (SSSR count). The molecule has 12 aromatic rings. The number of benzene rings is 8. The van der Waals surface area contributed by atoms with Gasteiger partial charge in [-0.1, -0.05) is 111 Å². The van der Waals surface area contributed by atoms with Gasteiger partial charge in [0.15, 0.2) is 5.58 Å². The second kappa shape index (κ2) is 11.0. The van der Waals surface area contributed by atoms with Crippen molar-refractivity contribution in [1.82, 2.24) is 13.7 Å². The van der Waals surface area contributed by atoms with Crippen LogP contribution < -0.4 is 0 Å². The number of para-hydroxylation sites is 6. The summed E-state index contributed by atoms with van der Waals surface area (Å²) in [7, 11) is 0. The van der Waals surface area contributed by atoms with E-state index in [1.165, 1.54) is 54.4 Å². The molecule has 4 aromatic heterocycles. The first-order chi connectivity index (χ1) is 25.8. The molecule has 0 aliphatic carbocycles. The number of hydrogen-bond donors (Lipinski definition) is 0. The van der Waals surface area contributed by atoms with Gasteiger partial charge in [0, 0.05) is 54.5 Å². The van der Waals surface area contributed by atoms with Gasteiger partial charge < -0.3 is 18.1 Å². The molecule has 8 aromatic carbocycles. The fraction of sp³-hybridized carbons (Fsp3) is 0.0204. The van der Waals surface area contributed by atoms with Crippen LogP contribution in [0.1, 0.15) is 7.43 Å². The number of hydrogen-bond acceptors (Lipinski definition) is 1. The Bertz CT molecular complexity index is 3150. The second-order valence-electron chi connectivity index (χ2n) is 13.7. The minimum absolute atomic E-state index is 0. The smallest absolute Gasteiger partial charge is 0.159 e. The van der Waals surface area contributed by atoms with Crippen molar-refractivity contribution in [2.24, 2.45) is 0 Å². The molecule has 53 heavy (non-hydrogen) atoms. The summed E-state index contributed by atoms with van der Waals surface area (Å²) in [6.07, 6.45) is 0. The number of rotatable bonds is 3. The molecule has 250 valence electrons. The highest BCUT2D eigenvalue weighted by Gasteiger charge is 2.21. The largest absolute Gasteiger partial charge is 0.454 e. The molecule has 4 heteroatoms. The lowest BCUT2D eigenvalue weighted by Crippen LogP contribution is -1.96. The molecule has 0 fully saturated rings. The van der Waals surface area contributed by atoms with Gasteiger partial charge in [-0.3, -0.25) is 0 Å². The maximum atomic E-state index is 6.63. The standard InChI is InChI=1S/C48H29N3O.CH4/c1-6-18-40-32(12-1)33-13-2-7-19-41(33)49(40)30-24-26-44-38(28-30)39-29-31(50-42-20-8-3-14-34(42)35-15-4-9-21-43(35)50)25-27-45(39)51(44)46-22-11-17-37-36-16-5-10-23-47(36)52-48(37)46;/h1-29H;1H4. The molecule has 0 saturated heterocycles. The third kappa shape index (κ3) is 4.00. The molecule has 0 atom stereocenters. The number of furan rings is 1. The van der Waals surface area contributed by atoms with E-state index in [1.54, 1.807) is 0 Å². The number of fused-ring (bicyclic) bond motifs is 12. The highest BCUT2D eigenvalue weighted by molar-refractivity contribution is 6.15. The second-order valence-corrected chi connectivity index (χ2v) is 13.7. The molecule has 0 N–H and O–H groups in total. The van der Waals surface area contributed by atoms with Crippen LogP contribution >= 0.6 is 0 Å². The minimum atomic E-state index is 0. The lowest BCUT2D eigenvalue weighted by Gasteiger charge is -2.11. The van der Waals surface area contributed by atoms with Crippen LogP contribution in [0.15, 0.2) is 180 Å². The number of aromatic nitrogens is 3. The van der Waals surface area contributed by atoms with E-state index in [9.17, 15) is 0 Å². The Hall–Kier alpha value is -7.04. The van der Waals surface area contributed by atoms with E-state index in [0.717, 1.165) is 50.0 Å². The van der Waals surface area contributed by atoms with Crippen molar-refractivity contribution in [2.75, 3.05) is 0 Å². The summed E-state index contributed by atoms with van der Waals surface area (Å²) in [5.74, 6) is 0. The van der Waals surface area contributed by atoms with Crippen LogP contribution in [-0.4, -0.2) is 13.7 Å². The lowest BCUT2D eigenvalue weighted by atomic mass is 10.1. The number of nitrogens with zero attached hydrogens (tertiary/aromatic N) is 3. The first-order valence-electron chi connectivity index (χ1n) is 17.8. The SMILES string of the molecule is C.c1ccc2c(c1)oc1c(-n3c4ccc(-n5c6ccccc6c6ccccc65)cc4c4cc(-n5c6ccccc6c6ccccc65)ccc43)cccc12. The Kier molecular flexibility index (Phi) is 6.15. The quantitative estimate of drug-likeness (QED) is 0.183. The third-order valence-electron chi connectivity index (χ3n) is 11.0. The van der Waals surface area contributed by atoms with Gasteiger partial charge in [0.25, 0.3) is 0 Å². The lowest BCUT2D eigenvalue weighted by molar-refractivity contribution is 0.666. The summed E-state index contributed by atoms with van der Waals surface area (Å²) in [5.41, 5.74) is 12.1. The van der Waals surface area contributed by atoms with Gasteiger partial charge in [0.05, 0.1) is 38.8 Å². The van der Waals surface area contributed by atoms with Crippen LogP contribution in [0.2, 0.25) is 0 Å². The van der Waals surface area contributed by atoms with Crippen LogP contribution in [0.25, 0.3) is 104 Å². The minimum Gasteiger partial charge on any atom is -0.454 e. The van der Waals surface area contributed by atoms with Crippen molar-refractivity contribution in [3.8, 4) is 17.1 Å². The molecule has 4 heterocycles. The van der Waals surface area contributed by atoms with Gasteiger partial charge in [-0.05, 0) is 72.8 Å². The van der Waals surface area contributed by atoms with Crippen LogP contribution in [0.5, 0.6) is 0 Å². The van der Waals surface area contributed by atoms with Crippen molar-refractivity contribution in [1.29, 1.82) is 0 Å². The molecule has 0 saturated carbocycles. The Morgan fingerprint density at radius 1 is 0.302 bits per heavy atom. The van der Waals surface area contributed by atoms with Crippen LogP contribution in [0, 0.1) is 0 Å². The van der Waals surface area contributed by atoms with E-state index < -0.39 is 0 Å². The van der Waals surface area contributed by atoms with E-state index >= 15 is 0 Å². The van der Waals surface area contributed by atoms with Crippen molar-refractivity contribution in [3.05, 3.63) is 176 Å². The van der Waals surface area contributed by atoms with Crippen LogP contribution in [0.4, 0.5) is 0 Å². The van der Waals surface area contributed by atoms with Gasteiger partial charge in [-0.2, -0.15) is 0 Å². The normalized spacial score (nSPS) is 12.0. The summed E-state index contributed by atoms with van der Waals surface area (Å²) in [5, 5.41) is 9.64. The Morgan fingerprint density at radius 3 is 1.19 bits per heavy atom. The van der Waals surface area contributed by atoms with Gasteiger partial charge in [-0.25, -0.2) is 0 Å². The summed E-state index contributed by atoms with van der Waals surface area (Å²) in [4.78, 5) is 0. The topological polar surface area (TPSA) is 27.9 Å². The summed E-state index contributed by atoms with van der Waals surface area (Å²) < 4.78 is 13.8. The summed E-state index contributed by atoms with van der Waals surface area (Å²) >= 11 is 0. The fourth-order valence-corrected chi connectivity index (χ4v) is 8.85. The highest BCUT2D eigenvalue weighted by Crippen LogP contribution is 2.41. The van der Waals surface area contributed by atoms with Crippen LogP contribution in [0.3, 0.4) is 0 Å². The zero-order chi connectivity index (χ0) is 33.9. The molecule has 0 amide bonds. The van der Waals surface area contributed by atoms with Crippen molar-refractivity contribution in [2.45, 2.75) is 7.43 Å². The van der Waals surface area contributed by atoms with Gasteiger partial charge in [-0.15, -0.1) is 0 Å². The maximum Gasteiger partial charge on any atom is 0.159 e. The van der Waals surface area contributed by atoms with Crippen molar-refractivity contribution >= 4 is 87.4 Å². The molecular formula is C49H33N3O. The molecule has 0 bridgehead atoms. The summed E-state index contributed by atoms with van der Waals surface area (Å²) in [6, 6.07) is 63.6. The zero-order valence-corrected chi connectivity index (χ0v) is 28.0. The predicted molar refractivity (Wildman–Crippen MR) is 223 cm³/mol. The van der Waals surface area contributed by atoms with Crippen LogP contribution in [-0.2, 0) is 0 Å². The third-order valence-corrected chi connectivity index (χ3v) is 11.0. The Balaban J connectivity index is 0.00000331. The maximum absolute atomic E-state index is 6.63. The van der Waals surface area contributed by atoms with Crippen molar-refractivity contribution < 1.29 is 4.42 Å². The van der Waals surface area contributed by atoms with E-state index in [4.69, 9.17) is 4.42 Å². The molecule has 0 aliphatic heterocycles. The van der Waals surface area contributed by atoms with Gasteiger partial charge in [0.2, 0.25) is 0 Å². The highest BCUT2D eigenvalue weighted by atomic mass is 16.3. The zero-order valence-electron chi connectivity index (χ0n) is 28.0. The Morgan fingerprint density at radius 2 is 0.698 bits per heavy atom. The monoisotopic (exact) mass is 679 g/mol. The van der Waals surface area contributed by atoms with E-state index in [0.29, 0.717) is 0 Å². The van der Waals surface area contributed by atoms with Gasteiger partial charge in [0.1, 0.15) is 5.58 Å². The van der Waals surface area contributed by atoms with Gasteiger partial charge >= 0.3 is 0 Å². The summed E-state index contributed by atoms with van der Waals surface area (Å²) in [6.45, 7) is 0. The molecule has 0 unspecified atom stereocenters. The van der Waals surface area contributed by atoms with E-state index in [2.05, 4.69) is 184 Å². The predicted octanol–water partition coefficient (Wildman–Crippen LogP) is 13.5. The van der Waals surface area contributed by atoms with Crippen molar-refractivity contribution in [3.63, 3.8) is 0 Å². The van der Waals surface area contributed by atoms with E-state index in [-0.39, 0.29) is 7.43 Å². The molecule has 0 spiro atoms. The first-order valence-corrected chi connectivity index (χ1v) is 17.8. The molecule has 4 nitrogen and oxygen atoms in total. The average molecular weight is 680 g/mol. The average Bonchev–Trinajstić information content (AvgIpc) is 3.94. The van der Waals surface area contributed by atoms with E-state index in [1.807, 2.05) is 6.07 Å². The molecular weight excluding hydrogens is 647 g/mol. The molecule has 0 aliphatic rings. The first kappa shape index (κ1) is 29.7. The fourth-order valence-electron chi connectivity index (χ4n) is 8.85. The Labute approximate surface area is 304 Å². The molecule has 0 radical (unpaired) electrons.